The van der Waals surface area contributed by atoms with E-state index >= 15 is 0 Å². The minimum atomic E-state index is -0.0957. The summed E-state index contributed by atoms with van der Waals surface area (Å²) in [5, 5.41) is 6.00. The second-order valence-corrected chi connectivity index (χ2v) is 7.24. The Morgan fingerprint density at radius 1 is 0.947 bits per heavy atom. The van der Waals surface area contributed by atoms with Crippen LogP contribution in [-0.4, -0.2) is 24.9 Å². The summed E-state index contributed by atoms with van der Waals surface area (Å²) in [6, 6.07) is 0. The van der Waals surface area contributed by atoms with Crippen molar-refractivity contribution in [2.45, 2.75) is 40.5 Å². The van der Waals surface area contributed by atoms with Crippen molar-refractivity contribution in [3.05, 3.63) is 0 Å². The third-order valence-corrected chi connectivity index (χ3v) is 4.37. The van der Waals surface area contributed by atoms with Crippen LogP contribution in [0.4, 0.5) is 0 Å². The molecule has 0 aromatic rings. The average molecular weight is 266 g/mol. The molecule has 4 nitrogen and oxygen atoms in total. The Labute approximate surface area is 115 Å². The number of amides is 2. The minimum Gasteiger partial charge on any atom is -0.355 e. The molecule has 0 aromatic heterocycles. The van der Waals surface area contributed by atoms with E-state index < -0.39 is 0 Å². The van der Waals surface area contributed by atoms with Gasteiger partial charge in [-0.1, -0.05) is 27.7 Å². The summed E-state index contributed by atoms with van der Waals surface area (Å²) in [7, 11) is 0. The lowest BCUT2D eigenvalue weighted by molar-refractivity contribution is -0.123. The van der Waals surface area contributed by atoms with Crippen molar-refractivity contribution in [2.24, 2.45) is 29.1 Å². The van der Waals surface area contributed by atoms with E-state index in [0.29, 0.717) is 24.9 Å². The molecule has 2 N–H and O–H groups in total. The smallest absolute Gasteiger partial charge is 0.223 e. The zero-order chi connectivity index (χ0) is 14.2. The zero-order valence-corrected chi connectivity index (χ0v) is 12.5. The van der Waals surface area contributed by atoms with Crippen LogP contribution in [0.1, 0.15) is 40.5 Å². The molecule has 19 heavy (non-hydrogen) atoms. The maximum absolute atomic E-state index is 11.8. The molecule has 2 amide bonds. The molecule has 108 valence electrons. The molecule has 0 aromatic carbocycles. The molecule has 0 heterocycles. The summed E-state index contributed by atoms with van der Waals surface area (Å²) in [6.45, 7) is 9.59. The molecule has 0 bridgehead atoms. The highest BCUT2D eigenvalue weighted by molar-refractivity contribution is 5.82. The zero-order valence-electron chi connectivity index (χ0n) is 12.5. The van der Waals surface area contributed by atoms with Crippen molar-refractivity contribution in [1.29, 1.82) is 0 Å². The van der Waals surface area contributed by atoms with Gasteiger partial charge in [-0.05, 0) is 30.1 Å². The van der Waals surface area contributed by atoms with Crippen LogP contribution >= 0.6 is 0 Å². The van der Waals surface area contributed by atoms with Crippen molar-refractivity contribution in [3.63, 3.8) is 0 Å². The molecule has 0 spiro atoms. The highest BCUT2D eigenvalue weighted by Gasteiger charge is 2.40. The highest BCUT2D eigenvalue weighted by Crippen LogP contribution is 2.38. The standard InChI is InChI=1S/C15H26N2O2/c1-9-5-11(9)13(18)16-7-15(3,4)8-17-14(19)12-6-10(12)2/h9-12H,5-8H2,1-4H3,(H,16,18)(H,17,19). The Balaban J connectivity index is 1.66. The summed E-state index contributed by atoms with van der Waals surface area (Å²) in [6.07, 6.45) is 2.03. The molecule has 2 aliphatic carbocycles. The van der Waals surface area contributed by atoms with Crippen molar-refractivity contribution >= 4 is 11.8 Å². The largest absolute Gasteiger partial charge is 0.355 e. The number of nitrogens with one attached hydrogen (secondary N) is 2. The summed E-state index contributed by atoms with van der Waals surface area (Å²) in [5.41, 5.74) is -0.0957. The molecule has 0 saturated heterocycles. The van der Waals surface area contributed by atoms with E-state index in [2.05, 4.69) is 38.3 Å². The first kappa shape index (κ1) is 14.4. The van der Waals surface area contributed by atoms with Crippen LogP contribution in [-0.2, 0) is 9.59 Å². The van der Waals surface area contributed by atoms with Crippen LogP contribution in [0.25, 0.3) is 0 Å². The van der Waals surface area contributed by atoms with Crippen LogP contribution in [0.2, 0.25) is 0 Å². The Hall–Kier alpha value is -1.06. The lowest BCUT2D eigenvalue weighted by atomic mass is 9.93. The highest BCUT2D eigenvalue weighted by atomic mass is 16.2. The first-order valence-electron chi connectivity index (χ1n) is 7.35. The number of rotatable bonds is 6. The van der Waals surface area contributed by atoms with Crippen molar-refractivity contribution in [1.82, 2.24) is 10.6 Å². The molecule has 2 rings (SSSR count). The Bertz CT molecular complexity index is 344. The van der Waals surface area contributed by atoms with E-state index in [-0.39, 0.29) is 29.1 Å². The first-order valence-corrected chi connectivity index (χ1v) is 7.35. The molecular weight excluding hydrogens is 240 g/mol. The number of hydrogen-bond donors (Lipinski definition) is 2. The van der Waals surface area contributed by atoms with Crippen LogP contribution in [0.3, 0.4) is 0 Å². The van der Waals surface area contributed by atoms with Crippen LogP contribution in [0.15, 0.2) is 0 Å². The third-order valence-electron chi connectivity index (χ3n) is 4.37. The van der Waals surface area contributed by atoms with Gasteiger partial charge >= 0.3 is 0 Å². The van der Waals surface area contributed by atoms with E-state index in [1.165, 1.54) is 0 Å². The quantitative estimate of drug-likeness (QED) is 0.766. The minimum absolute atomic E-state index is 0.0957. The van der Waals surface area contributed by atoms with Gasteiger partial charge in [-0.3, -0.25) is 9.59 Å². The SMILES string of the molecule is CC1CC1C(=O)NCC(C)(C)CNC(=O)C1CC1C. The monoisotopic (exact) mass is 266 g/mol. The van der Waals surface area contributed by atoms with E-state index in [1.54, 1.807) is 0 Å². The fraction of sp³-hybridized carbons (Fsp3) is 0.867. The Kier molecular flexibility index (Phi) is 3.88. The van der Waals surface area contributed by atoms with Crippen LogP contribution in [0.5, 0.6) is 0 Å². The van der Waals surface area contributed by atoms with E-state index in [4.69, 9.17) is 0 Å². The van der Waals surface area contributed by atoms with Gasteiger partial charge in [0, 0.05) is 24.9 Å². The summed E-state index contributed by atoms with van der Waals surface area (Å²) < 4.78 is 0. The van der Waals surface area contributed by atoms with Gasteiger partial charge in [-0.15, -0.1) is 0 Å². The average Bonchev–Trinajstić information content (AvgIpc) is 3.22. The van der Waals surface area contributed by atoms with Crippen molar-refractivity contribution < 1.29 is 9.59 Å². The maximum Gasteiger partial charge on any atom is 0.223 e. The molecule has 0 radical (unpaired) electrons. The lowest BCUT2D eigenvalue weighted by Crippen LogP contribution is -2.43. The van der Waals surface area contributed by atoms with Crippen LogP contribution < -0.4 is 10.6 Å². The molecule has 2 fully saturated rings. The fourth-order valence-corrected chi connectivity index (χ4v) is 2.35. The summed E-state index contributed by atoms with van der Waals surface area (Å²) in [4.78, 5) is 23.5. The van der Waals surface area contributed by atoms with E-state index in [0.717, 1.165) is 12.8 Å². The van der Waals surface area contributed by atoms with Crippen molar-refractivity contribution in [3.8, 4) is 0 Å². The fourth-order valence-electron chi connectivity index (χ4n) is 2.35. The number of hydrogen-bond acceptors (Lipinski definition) is 2. The maximum atomic E-state index is 11.8. The van der Waals surface area contributed by atoms with E-state index in [1.807, 2.05) is 0 Å². The molecule has 4 unspecified atom stereocenters. The predicted molar refractivity (Wildman–Crippen MR) is 74.3 cm³/mol. The summed E-state index contributed by atoms with van der Waals surface area (Å²) >= 11 is 0. The van der Waals surface area contributed by atoms with Gasteiger partial charge in [0.25, 0.3) is 0 Å². The second kappa shape index (κ2) is 5.14. The Morgan fingerprint density at radius 3 is 1.53 bits per heavy atom. The topological polar surface area (TPSA) is 58.2 Å². The summed E-state index contributed by atoms with van der Waals surface area (Å²) in [5.74, 6) is 1.86. The Morgan fingerprint density at radius 2 is 1.26 bits per heavy atom. The van der Waals surface area contributed by atoms with Gasteiger partial charge in [0.2, 0.25) is 11.8 Å². The number of carbonyl (C=O) groups is 2. The molecular formula is C15H26N2O2. The first-order chi connectivity index (χ1) is 8.80. The molecule has 4 heteroatoms. The third kappa shape index (κ3) is 3.95. The van der Waals surface area contributed by atoms with Gasteiger partial charge in [0.15, 0.2) is 0 Å². The number of carbonyl (C=O) groups excluding carboxylic acids is 2. The van der Waals surface area contributed by atoms with Crippen molar-refractivity contribution in [2.75, 3.05) is 13.1 Å². The van der Waals surface area contributed by atoms with E-state index in [9.17, 15) is 9.59 Å². The molecule has 0 aliphatic heterocycles. The molecule has 2 aliphatic rings. The van der Waals surface area contributed by atoms with Gasteiger partial charge in [0.05, 0.1) is 0 Å². The van der Waals surface area contributed by atoms with Crippen LogP contribution in [0, 0.1) is 29.1 Å². The molecule has 4 atom stereocenters. The lowest BCUT2D eigenvalue weighted by Gasteiger charge is -2.25. The molecule has 2 saturated carbocycles. The van der Waals surface area contributed by atoms with Gasteiger partial charge in [-0.2, -0.15) is 0 Å². The second-order valence-electron chi connectivity index (χ2n) is 7.24. The van der Waals surface area contributed by atoms with Gasteiger partial charge in [0.1, 0.15) is 0 Å². The predicted octanol–water partition coefficient (Wildman–Crippen LogP) is 1.56. The normalized spacial score (nSPS) is 32.6. The van der Waals surface area contributed by atoms with Gasteiger partial charge in [-0.25, -0.2) is 0 Å². The van der Waals surface area contributed by atoms with Gasteiger partial charge < -0.3 is 10.6 Å².